The number of hydrogen-bond donors (Lipinski definition) is 1. The largest absolute Gasteiger partial charge is 0.351 e. The van der Waals surface area contributed by atoms with E-state index in [1.807, 2.05) is 17.0 Å². The van der Waals surface area contributed by atoms with E-state index in [2.05, 4.69) is 17.5 Å². The topological polar surface area (TPSA) is 49.4 Å². The molecule has 5 atom stereocenters. The van der Waals surface area contributed by atoms with Gasteiger partial charge >= 0.3 is 0 Å². The maximum atomic E-state index is 13.3. The lowest BCUT2D eigenvalue weighted by Gasteiger charge is -2.51. The molecular formula is C22H25ClN2O2. The fraction of sp³-hybridized carbons (Fsp3) is 0.545. The highest BCUT2D eigenvalue weighted by Crippen LogP contribution is 2.55. The van der Waals surface area contributed by atoms with E-state index < -0.39 is 6.04 Å². The van der Waals surface area contributed by atoms with Crippen molar-refractivity contribution in [1.82, 2.24) is 10.2 Å². The summed E-state index contributed by atoms with van der Waals surface area (Å²) in [6, 6.07) is 7.23. The number of fused-ring (bicyclic) bond motifs is 5. The fourth-order valence-electron chi connectivity index (χ4n) is 5.65. The molecule has 27 heavy (non-hydrogen) atoms. The lowest BCUT2D eigenvalue weighted by molar-refractivity contribution is -0.166. The smallest absolute Gasteiger partial charge is 0.247 e. The summed E-state index contributed by atoms with van der Waals surface area (Å²) < 4.78 is 0. The first-order valence-electron chi connectivity index (χ1n) is 10.2. The van der Waals surface area contributed by atoms with Crippen molar-refractivity contribution in [2.75, 3.05) is 0 Å². The zero-order valence-electron chi connectivity index (χ0n) is 15.3. The summed E-state index contributed by atoms with van der Waals surface area (Å²) in [6.07, 6.45) is 11.1. The second kappa shape index (κ2) is 6.66. The van der Waals surface area contributed by atoms with Gasteiger partial charge in [-0.15, -0.1) is 0 Å². The monoisotopic (exact) mass is 384 g/mol. The second-order valence-electron chi connectivity index (χ2n) is 8.51. The van der Waals surface area contributed by atoms with Gasteiger partial charge < -0.3 is 10.2 Å². The molecule has 1 unspecified atom stereocenters. The van der Waals surface area contributed by atoms with Crippen molar-refractivity contribution < 1.29 is 9.59 Å². The Morgan fingerprint density at radius 2 is 1.78 bits per heavy atom. The zero-order chi connectivity index (χ0) is 18.5. The molecule has 5 heteroatoms. The third-order valence-corrected chi connectivity index (χ3v) is 7.19. The van der Waals surface area contributed by atoms with Gasteiger partial charge in [-0.25, -0.2) is 0 Å². The van der Waals surface area contributed by atoms with Crippen molar-refractivity contribution in [3.05, 3.63) is 47.0 Å². The van der Waals surface area contributed by atoms with Gasteiger partial charge in [-0.1, -0.05) is 55.1 Å². The third kappa shape index (κ3) is 2.80. The lowest BCUT2D eigenvalue weighted by atomic mass is 9.77. The van der Waals surface area contributed by atoms with E-state index in [0.717, 1.165) is 24.8 Å². The van der Waals surface area contributed by atoms with E-state index >= 15 is 0 Å². The minimum Gasteiger partial charge on any atom is -0.351 e. The Bertz CT molecular complexity index is 784. The van der Waals surface area contributed by atoms with Crippen LogP contribution in [0.5, 0.6) is 0 Å². The van der Waals surface area contributed by atoms with E-state index in [4.69, 9.17) is 11.6 Å². The van der Waals surface area contributed by atoms with Crippen LogP contribution < -0.4 is 5.32 Å². The maximum Gasteiger partial charge on any atom is 0.247 e. The Morgan fingerprint density at radius 3 is 2.52 bits per heavy atom. The number of halogens is 1. The molecule has 3 aliphatic carbocycles. The van der Waals surface area contributed by atoms with E-state index in [1.165, 1.54) is 19.3 Å². The Labute approximate surface area is 164 Å². The van der Waals surface area contributed by atoms with Crippen LogP contribution in [0, 0.1) is 17.8 Å². The van der Waals surface area contributed by atoms with Crippen molar-refractivity contribution in [1.29, 1.82) is 0 Å². The molecule has 1 N–H and O–H groups in total. The molecule has 2 bridgehead atoms. The molecule has 1 saturated heterocycles. The van der Waals surface area contributed by atoms with Gasteiger partial charge in [-0.3, -0.25) is 9.59 Å². The highest BCUT2D eigenvalue weighted by Gasteiger charge is 2.62. The molecule has 1 heterocycles. The standard InChI is InChI=1S/C22H25ClN2O2/c23-16-10-8-13(9-11-16)20(21(26)24-17-4-2-1-3-5-17)25-19-15-7-6-14(12-15)18(19)22(25)27/h6-11,14-15,17-20H,1-5,12H2,(H,24,26)/t14-,15+,18+,19-,20?/m0/s1. The van der Waals surface area contributed by atoms with E-state index in [-0.39, 0.29) is 29.8 Å². The number of amides is 2. The number of carbonyl (C=O) groups is 2. The molecule has 1 aromatic rings. The fourth-order valence-corrected chi connectivity index (χ4v) is 5.78. The van der Waals surface area contributed by atoms with Crippen molar-refractivity contribution >= 4 is 23.4 Å². The average molecular weight is 385 g/mol. The number of allylic oxidation sites excluding steroid dienone is 1. The summed E-state index contributed by atoms with van der Waals surface area (Å²) in [5, 5.41) is 3.88. The van der Waals surface area contributed by atoms with Crippen LogP contribution in [0.4, 0.5) is 0 Å². The first kappa shape index (κ1) is 17.3. The van der Waals surface area contributed by atoms with Crippen LogP contribution in [-0.4, -0.2) is 28.8 Å². The molecule has 1 aromatic carbocycles. The van der Waals surface area contributed by atoms with Crippen LogP contribution >= 0.6 is 11.6 Å². The van der Waals surface area contributed by atoms with Crippen LogP contribution in [0.3, 0.4) is 0 Å². The molecule has 3 fully saturated rings. The summed E-state index contributed by atoms with van der Waals surface area (Å²) in [6.45, 7) is 0. The van der Waals surface area contributed by atoms with Gasteiger partial charge in [-0.05, 0) is 48.8 Å². The second-order valence-corrected chi connectivity index (χ2v) is 8.94. The summed E-state index contributed by atoms with van der Waals surface area (Å²) >= 11 is 6.06. The molecule has 0 spiro atoms. The predicted octanol–water partition coefficient (Wildman–Crippen LogP) is 3.86. The Kier molecular flexibility index (Phi) is 4.27. The number of nitrogens with zero attached hydrogens (tertiary/aromatic N) is 1. The summed E-state index contributed by atoms with van der Waals surface area (Å²) in [5.41, 5.74) is 0.853. The first-order valence-corrected chi connectivity index (χ1v) is 10.6. The normalized spacial score (nSPS) is 32.9. The van der Waals surface area contributed by atoms with Gasteiger partial charge in [0.25, 0.3) is 0 Å². The number of likely N-dealkylation sites (tertiary alicyclic amines) is 1. The number of nitrogens with one attached hydrogen (secondary N) is 1. The highest BCUT2D eigenvalue weighted by atomic mass is 35.5. The number of β-lactam (4-membered cyclic amide) rings is 1. The molecule has 1 aliphatic heterocycles. The predicted molar refractivity (Wildman–Crippen MR) is 104 cm³/mol. The molecule has 2 amide bonds. The number of rotatable bonds is 4. The van der Waals surface area contributed by atoms with E-state index in [1.54, 1.807) is 12.1 Å². The maximum absolute atomic E-state index is 13.3. The minimum absolute atomic E-state index is 0.0391. The Morgan fingerprint density at radius 1 is 1.07 bits per heavy atom. The minimum atomic E-state index is -0.550. The van der Waals surface area contributed by atoms with Crippen LogP contribution in [0.1, 0.15) is 50.1 Å². The number of benzene rings is 1. The summed E-state index contributed by atoms with van der Waals surface area (Å²) in [4.78, 5) is 28.2. The summed E-state index contributed by atoms with van der Waals surface area (Å²) in [5.74, 6) is 0.946. The molecule has 142 valence electrons. The average Bonchev–Trinajstić information content (AvgIpc) is 3.26. The molecule has 0 aromatic heterocycles. The molecule has 4 aliphatic rings. The van der Waals surface area contributed by atoms with Gasteiger partial charge in [0.2, 0.25) is 11.8 Å². The molecule has 5 rings (SSSR count). The number of hydrogen-bond acceptors (Lipinski definition) is 2. The quantitative estimate of drug-likeness (QED) is 0.633. The summed E-state index contributed by atoms with van der Waals surface area (Å²) in [7, 11) is 0. The molecule has 0 radical (unpaired) electrons. The van der Waals surface area contributed by atoms with Crippen LogP contribution in [-0.2, 0) is 9.59 Å². The van der Waals surface area contributed by atoms with Crippen LogP contribution in [0.15, 0.2) is 36.4 Å². The van der Waals surface area contributed by atoms with Crippen molar-refractivity contribution in [3.63, 3.8) is 0 Å². The third-order valence-electron chi connectivity index (χ3n) is 6.94. The van der Waals surface area contributed by atoms with Crippen molar-refractivity contribution in [2.45, 2.75) is 56.7 Å². The Balaban J connectivity index is 1.43. The first-order chi connectivity index (χ1) is 13.1. The molecule has 4 nitrogen and oxygen atoms in total. The van der Waals surface area contributed by atoms with Gasteiger partial charge in [0.15, 0.2) is 0 Å². The van der Waals surface area contributed by atoms with Crippen LogP contribution in [0.25, 0.3) is 0 Å². The molecular weight excluding hydrogens is 360 g/mol. The van der Waals surface area contributed by atoms with Gasteiger partial charge in [0, 0.05) is 11.1 Å². The van der Waals surface area contributed by atoms with Crippen molar-refractivity contribution in [3.8, 4) is 0 Å². The Hall–Kier alpha value is -1.81. The van der Waals surface area contributed by atoms with Gasteiger partial charge in [0.05, 0.1) is 12.0 Å². The SMILES string of the molecule is O=C(NC1CCCCC1)C(c1ccc(Cl)cc1)N1C(=O)[C@H]2[C@@H]1[C@@H]1C=C[C@H]2C1. The lowest BCUT2D eigenvalue weighted by Crippen LogP contribution is -2.65. The van der Waals surface area contributed by atoms with Gasteiger partial charge in [-0.2, -0.15) is 0 Å². The van der Waals surface area contributed by atoms with E-state index in [9.17, 15) is 9.59 Å². The highest BCUT2D eigenvalue weighted by molar-refractivity contribution is 6.30. The van der Waals surface area contributed by atoms with E-state index in [0.29, 0.717) is 16.9 Å². The number of carbonyl (C=O) groups excluding carboxylic acids is 2. The zero-order valence-corrected chi connectivity index (χ0v) is 16.1. The molecule has 2 saturated carbocycles. The van der Waals surface area contributed by atoms with Gasteiger partial charge in [0.1, 0.15) is 6.04 Å². The van der Waals surface area contributed by atoms with Crippen LogP contribution in [0.2, 0.25) is 5.02 Å². The van der Waals surface area contributed by atoms with Crippen molar-refractivity contribution in [2.24, 2.45) is 17.8 Å².